The van der Waals surface area contributed by atoms with Crippen LogP contribution in [0.5, 0.6) is 11.5 Å². The van der Waals surface area contributed by atoms with Gasteiger partial charge in [0.15, 0.2) is 0 Å². The summed E-state index contributed by atoms with van der Waals surface area (Å²) in [6.07, 6.45) is 2.37. The van der Waals surface area contributed by atoms with Gasteiger partial charge in [-0.3, -0.25) is 0 Å². The number of azide groups is 1. The molecule has 0 amide bonds. The third-order valence-electron chi connectivity index (χ3n) is 7.00. The maximum Gasteiger partial charge on any atom is 0.143 e. The third-order valence-corrected chi connectivity index (χ3v) is 9.79. The summed E-state index contributed by atoms with van der Waals surface area (Å²) >= 11 is 0. The van der Waals surface area contributed by atoms with Crippen LogP contribution in [0.3, 0.4) is 0 Å². The number of methoxy groups -OCH3 is 2. The first-order chi connectivity index (χ1) is 21.0. The Kier molecular flexibility index (Phi) is 15.1. The molecule has 1 N–H and O–H groups in total. The summed E-state index contributed by atoms with van der Waals surface area (Å²) in [7, 11) is 6.87. The Labute approximate surface area is 263 Å². The summed E-state index contributed by atoms with van der Waals surface area (Å²) in [5.41, 5.74) is 10.3. The first-order valence-electron chi connectivity index (χ1n) is 14.4. The van der Waals surface area contributed by atoms with Crippen LogP contribution < -0.4 is 9.47 Å². The van der Waals surface area contributed by atoms with E-state index in [-0.39, 0.29) is 12.0 Å². The molecular weight excluding hydrogens is 583 g/mol. The van der Waals surface area contributed by atoms with Gasteiger partial charge in [-0.1, -0.05) is 88.2 Å². The van der Waals surface area contributed by atoms with Crippen LogP contribution in [0.4, 0.5) is 0 Å². The Hall–Kier alpha value is -2.85. The van der Waals surface area contributed by atoms with Crippen molar-refractivity contribution < 1.29 is 24.1 Å². The second kappa shape index (κ2) is 18.7. The molecule has 3 aromatic carbocycles. The lowest BCUT2D eigenvalue weighted by Crippen LogP contribution is -2.40. The molecule has 232 valence electrons. The van der Waals surface area contributed by atoms with Crippen molar-refractivity contribution in [1.82, 2.24) is 0 Å². The fourth-order valence-corrected chi connectivity index (χ4v) is 7.31. The standard InChI is InChI=1S/C33H43N3O5S2/c1-32(26-43-42-23-9-21-37,24-40-22-8-7-20-35-36-34)25-41-33(27-10-5-4-6-11-27,28-12-16-30(38-2)17-13-28)29-14-18-31(39-3)19-15-29/h4-6,10-19,37H,7-9,20-26H2,1-3H3. The van der Waals surface area contributed by atoms with Crippen molar-refractivity contribution in [2.75, 3.05) is 58.7 Å². The van der Waals surface area contributed by atoms with Crippen LogP contribution in [0, 0.1) is 5.41 Å². The van der Waals surface area contributed by atoms with Gasteiger partial charge in [0.2, 0.25) is 0 Å². The molecule has 10 heteroatoms. The van der Waals surface area contributed by atoms with Crippen molar-refractivity contribution in [3.8, 4) is 11.5 Å². The molecule has 3 aromatic rings. The van der Waals surface area contributed by atoms with Crippen molar-refractivity contribution in [2.45, 2.75) is 31.8 Å². The van der Waals surface area contributed by atoms with E-state index in [0.717, 1.165) is 59.0 Å². The molecule has 1 atom stereocenters. The summed E-state index contributed by atoms with van der Waals surface area (Å²) < 4.78 is 24.4. The second-order valence-electron chi connectivity index (χ2n) is 10.5. The predicted molar refractivity (Wildman–Crippen MR) is 177 cm³/mol. The number of benzene rings is 3. The number of aliphatic hydroxyl groups is 1. The van der Waals surface area contributed by atoms with Crippen LogP contribution >= 0.6 is 21.6 Å². The van der Waals surface area contributed by atoms with E-state index in [0.29, 0.717) is 26.4 Å². The van der Waals surface area contributed by atoms with E-state index in [2.05, 4.69) is 53.3 Å². The van der Waals surface area contributed by atoms with E-state index < -0.39 is 5.60 Å². The number of nitrogens with zero attached hydrogens (tertiary/aromatic N) is 3. The molecule has 0 heterocycles. The molecule has 0 saturated carbocycles. The molecular formula is C33H43N3O5S2. The fraction of sp³-hybridized carbons (Fsp3) is 0.455. The van der Waals surface area contributed by atoms with Crippen LogP contribution in [0.1, 0.15) is 42.9 Å². The summed E-state index contributed by atoms with van der Waals surface area (Å²) in [6, 6.07) is 26.4. The molecule has 0 radical (unpaired) electrons. The molecule has 43 heavy (non-hydrogen) atoms. The largest absolute Gasteiger partial charge is 0.497 e. The predicted octanol–water partition coefficient (Wildman–Crippen LogP) is 7.89. The van der Waals surface area contributed by atoms with Gasteiger partial charge in [0, 0.05) is 41.6 Å². The maximum absolute atomic E-state index is 9.21. The molecule has 0 fully saturated rings. The minimum Gasteiger partial charge on any atom is -0.497 e. The monoisotopic (exact) mass is 625 g/mol. The van der Waals surface area contributed by atoms with Gasteiger partial charge in [-0.25, -0.2) is 0 Å². The van der Waals surface area contributed by atoms with E-state index in [1.807, 2.05) is 42.5 Å². The van der Waals surface area contributed by atoms with Gasteiger partial charge in [-0.05, 0) is 65.7 Å². The van der Waals surface area contributed by atoms with Crippen LogP contribution in [0.15, 0.2) is 84.0 Å². The molecule has 8 nitrogen and oxygen atoms in total. The fourth-order valence-electron chi connectivity index (χ4n) is 4.60. The van der Waals surface area contributed by atoms with Gasteiger partial charge in [-0.15, -0.1) is 0 Å². The molecule has 0 aliphatic carbocycles. The zero-order chi connectivity index (χ0) is 30.8. The lowest BCUT2D eigenvalue weighted by Gasteiger charge is -2.39. The Morgan fingerprint density at radius 3 is 1.95 bits per heavy atom. The van der Waals surface area contributed by atoms with Crippen LogP contribution in [-0.2, 0) is 15.1 Å². The Balaban J connectivity index is 1.97. The summed E-state index contributed by atoms with van der Waals surface area (Å²) in [5, 5.41) is 12.8. The van der Waals surface area contributed by atoms with Gasteiger partial charge in [0.1, 0.15) is 17.1 Å². The Morgan fingerprint density at radius 1 is 0.791 bits per heavy atom. The summed E-state index contributed by atoms with van der Waals surface area (Å²) in [4.78, 5) is 2.82. The van der Waals surface area contributed by atoms with Crippen LogP contribution in [0.25, 0.3) is 10.4 Å². The molecule has 0 aliphatic rings. The first-order valence-corrected chi connectivity index (χ1v) is 16.9. The minimum atomic E-state index is -0.912. The van der Waals surface area contributed by atoms with Crippen LogP contribution in [0.2, 0.25) is 0 Å². The highest BCUT2D eigenvalue weighted by Gasteiger charge is 2.40. The van der Waals surface area contributed by atoms with Gasteiger partial charge in [-0.2, -0.15) is 0 Å². The van der Waals surface area contributed by atoms with Crippen molar-refractivity contribution >= 4 is 21.6 Å². The quantitative estimate of drug-likeness (QED) is 0.0320. The number of ether oxygens (including phenoxy) is 4. The van der Waals surface area contributed by atoms with E-state index in [4.69, 9.17) is 24.5 Å². The van der Waals surface area contributed by atoms with E-state index in [1.54, 1.807) is 35.8 Å². The minimum absolute atomic E-state index is 0.191. The van der Waals surface area contributed by atoms with Gasteiger partial charge in [0.25, 0.3) is 0 Å². The van der Waals surface area contributed by atoms with Crippen molar-refractivity contribution in [2.24, 2.45) is 10.5 Å². The van der Waals surface area contributed by atoms with Gasteiger partial charge >= 0.3 is 0 Å². The maximum atomic E-state index is 9.21. The summed E-state index contributed by atoms with van der Waals surface area (Å²) in [6.45, 7) is 4.38. The normalized spacial score (nSPS) is 12.7. The van der Waals surface area contributed by atoms with Crippen molar-refractivity contribution in [3.63, 3.8) is 0 Å². The van der Waals surface area contributed by atoms with E-state index in [1.165, 1.54) is 0 Å². The molecule has 1 unspecified atom stereocenters. The van der Waals surface area contributed by atoms with E-state index >= 15 is 0 Å². The molecule has 3 rings (SSSR count). The lowest BCUT2D eigenvalue weighted by atomic mass is 9.79. The van der Waals surface area contributed by atoms with Crippen molar-refractivity contribution in [3.05, 3.63) is 106 Å². The third kappa shape index (κ3) is 10.4. The zero-order valence-electron chi connectivity index (χ0n) is 25.3. The number of rotatable bonds is 21. The smallest absolute Gasteiger partial charge is 0.143 e. The average molecular weight is 626 g/mol. The Morgan fingerprint density at radius 2 is 1.40 bits per heavy atom. The zero-order valence-corrected chi connectivity index (χ0v) is 26.9. The number of hydrogen-bond acceptors (Lipinski definition) is 8. The highest BCUT2D eigenvalue weighted by molar-refractivity contribution is 8.76. The van der Waals surface area contributed by atoms with Gasteiger partial charge in [0.05, 0.1) is 27.4 Å². The van der Waals surface area contributed by atoms with E-state index in [9.17, 15) is 5.11 Å². The first kappa shape index (κ1) is 34.6. The van der Waals surface area contributed by atoms with Gasteiger partial charge < -0.3 is 24.1 Å². The summed E-state index contributed by atoms with van der Waals surface area (Å²) in [5.74, 6) is 3.23. The lowest BCUT2D eigenvalue weighted by molar-refractivity contribution is -0.0564. The molecule has 0 spiro atoms. The topological polar surface area (TPSA) is 106 Å². The second-order valence-corrected chi connectivity index (χ2v) is 13.1. The number of aliphatic hydroxyl groups excluding tert-OH is 1. The van der Waals surface area contributed by atoms with Crippen LogP contribution in [-0.4, -0.2) is 63.8 Å². The highest BCUT2D eigenvalue weighted by atomic mass is 33.1. The average Bonchev–Trinajstić information content (AvgIpc) is 3.05. The number of hydrogen-bond donors (Lipinski definition) is 1. The SMILES string of the molecule is COc1ccc(C(OCC(C)(COCCCCN=[N+]=[N-])CSSCCCO)(c2ccccc2)c2ccc(OC)cc2)cc1. The van der Waals surface area contributed by atoms with Crippen molar-refractivity contribution in [1.29, 1.82) is 0 Å². The number of unbranched alkanes of at least 4 members (excludes halogenated alkanes) is 1. The molecule has 0 aromatic heterocycles. The molecule has 0 saturated heterocycles. The molecule has 0 aliphatic heterocycles. The Bertz CT molecular complexity index is 1190. The highest BCUT2D eigenvalue weighted by Crippen LogP contribution is 2.43. The molecule has 0 bridgehead atoms.